The molecule has 0 aromatic rings. The molecule has 0 radical (unpaired) electrons. The Balaban J connectivity index is 2.16. The van der Waals surface area contributed by atoms with Gasteiger partial charge < -0.3 is 10.6 Å². The van der Waals surface area contributed by atoms with E-state index in [9.17, 15) is 0 Å². The molecule has 1 aliphatic heterocycles. The van der Waals surface area contributed by atoms with Gasteiger partial charge >= 0.3 is 0 Å². The number of oxime groups is 1. The van der Waals surface area contributed by atoms with Crippen LogP contribution in [0.1, 0.15) is 19.3 Å². The highest BCUT2D eigenvalue weighted by Gasteiger charge is 2.36. The van der Waals surface area contributed by atoms with Crippen LogP contribution in [0, 0.1) is 5.92 Å². The van der Waals surface area contributed by atoms with Crippen LogP contribution < -0.4 is 5.73 Å². The molecule has 2 N–H and O–H groups in total. The van der Waals surface area contributed by atoms with E-state index >= 15 is 0 Å². The zero-order valence-electron chi connectivity index (χ0n) is 5.21. The minimum Gasteiger partial charge on any atom is -0.390 e. The van der Waals surface area contributed by atoms with Crippen LogP contribution in [0.2, 0.25) is 0 Å². The fourth-order valence-corrected chi connectivity index (χ4v) is 1.59. The topological polar surface area (TPSA) is 47.6 Å². The molecule has 1 fully saturated rings. The summed E-state index contributed by atoms with van der Waals surface area (Å²) < 4.78 is 0. The zero-order chi connectivity index (χ0) is 6.27. The maximum absolute atomic E-state index is 5.54. The molecule has 2 rings (SSSR count). The summed E-state index contributed by atoms with van der Waals surface area (Å²) >= 11 is 0. The maximum atomic E-state index is 5.54. The first-order chi connectivity index (χ1) is 4.38. The first-order valence-corrected chi connectivity index (χ1v) is 3.37. The lowest BCUT2D eigenvalue weighted by molar-refractivity contribution is 0.0746. The molecule has 9 heavy (non-hydrogen) atoms. The number of hydrogen-bond acceptors (Lipinski definition) is 3. The van der Waals surface area contributed by atoms with E-state index in [-0.39, 0.29) is 0 Å². The third-order valence-electron chi connectivity index (χ3n) is 2.13. The number of rotatable bonds is 0. The Bertz CT molecular complexity index is 155. The van der Waals surface area contributed by atoms with Crippen LogP contribution in [0.15, 0.2) is 5.16 Å². The fraction of sp³-hybridized carbons (Fsp3) is 0.833. The molecule has 0 bridgehead atoms. The van der Waals surface area contributed by atoms with Gasteiger partial charge in [0.15, 0.2) is 0 Å². The van der Waals surface area contributed by atoms with Gasteiger partial charge in [-0.05, 0) is 19.3 Å². The van der Waals surface area contributed by atoms with Gasteiger partial charge in [-0.1, -0.05) is 5.16 Å². The van der Waals surface area contributed by atoms with Crippen LogP contribution in [0.4, 0.5) is 0 Å². The molecule has 3 heteroatoms. The van der Waals surface area contributed by atoms with Gasteiger partial charge in [-0.3, -0.25) is 0 Å². The van der Waals surface area contributed by atoms with Gasteiger partial charge in [-0.2, -0.15) is 0 Å². The largest absolute Gasteiger partial charge is 0.390 e. The third kappa shape index (κ3) is 0.605. The molecule has 2 atom stereocenters. The van der Waals surface area contributed by atoms with Crippen LogP contribution in [0.5, 0.6) is 0 Å². The molecule has 0 spiro atoms. The molecule has 0 amide bonds. The van der Waals surface area contributed by atoms with Crippen LogP contribution >= 0.6 is 0 Å². The van der Waals surface area contributed by atoms with Gasteiger partial charge in [0.1, 0.15) is 11.9 Å². The highest BCUT2D eigenvalue weighted by Crippen LogP contribution is 2.32. The molecule has 2 aliphatic rings. The molecule has 0 saturated heterocycles. The third-order valence-corrected chi connectivity index (χ3v) is 2.13. The van der Waals surface area contributed by atoms with Crippen molar-refractivity contribution in [3.05, 3.63) is 0 Å². The van der Waals surface area contributed by atoms with Crippen molar-refractivity contribution in [3.63, 3.8) is 0 Å². The molecule has 1 aliphatic carbocycles. The highest BCUT2D eigenvalue weighted by molar-refractivity contribution is 5.84. The SMILES string of the molecule is NC1=NOC2CCCC12. The second-order valence-electron chi connectivity index (χ2n) is 2.70. The van der Waals surface area contributed by atoms with Crippen molar-refractivity contribution >= 4 is 5.84 Å². The molecule has 0 aromatic heterocycles. The second-order valence-corrected chi connectivity index (χ2v) is 2.70. The van der Waals surface area contributed by atoms with E-state index in [0.717, 1.165) is 6.42 Å². The van der Waals surface area contributed by atoms with E-state index in [0.29, 0.717) is 17.9 Å². The minimum absolute atomic E-state index is 0.324. The molecule has 2 unspecified atom stereocenters. The predicted octanol–water partition coefficient (Wildman–Crippen LogP) is 0.457. The number of nitrogens with two attached hydrogens (primary N) is 1. The van der Waals surface area contributed by atoms with Crippen molar-refractivity contribution in [1.29, 1.82) is 0 Å². The van der Waals surface area contributed by atoms with E-state index in [1.807, 2.05) is 0 Å². The molecule has 1 heterocycles. The van der Waals surface area contributed by atoms with Crippen LogP contribution in [-0.2, 0) is 4.84 Å². The summed E-state index contributed by atoms with van der Waals surface area (Å²) in [5.74, 6) is 1.16. The van der Waals surface area contributed by atoms with Crippen molar-refractivity contribution < 1.29 is 4.84 Å². The molecule has 50 valence electrons. The lowest BCUT2D eigenvalue weighted by Crippen LogP contribution is -2.23. The van der Waals surface area contributed by atoms with Gasteiger partial charge in [0.25, 0.3) is 0 Å². The number of amidine groups is 1. The summed E-state index contributed by atoms with van der Waals surface area (Å²) in [4.78, 5) is 5.05. The van der Waals surface area contributed by atoms with Crippen molar-refractivity contribution in [2.75, 3.05) is 0 Å². The van der Waals surface area contributed by atoms with Gasteiger partial charge in [-0.15, -0.1) is 0 Å². The Kier molecular flexibility index (Phi) is 0.917. The fourth-order valence-electron chi connectivity index (χ4n) is 1.59. The van der Waals surface area contributed by atoms with Gasteiger partial charge in [0, 0.05) is 0 Å². The van der Waals surface area contributed by atoms with Gasteiger partial charge in [-0.25, -0.2) is 0 Å². The Morgan fingerprint density at radius 1 is 1.56 bits per heavy atom. The van der Waals surface area contributed by atoms with Crippen molar-refractivity contribution in [3.8, 4) is 0 Å². The molecular formula is C6H10N2O. The summed E-state index contributed by atoms with van der Waals surface area (Å²) in [7, 11) is 0. The highest BCUT2D eigenvalue weighted by atomic mass is 16.6. The number of hydrogen-bond donors (Lipinski definition) is 1. The van der Waals surface area contributed by atoms with Gasteiger partial charge in [0.05, 0.1) is 5.92 Å². The molecule has 3 nitrogen and oxygen atoms in total. The van der Waals surface area contributed by atoms with E-state index in [2.05, 4.69) is 5.16 Å². The quantitative estimate of drug-likeness (QED) is 0.512. The standard InChI is InChI=1S/C6H10N2O/c7-6-4-2-1-3-5(4)9-8-6/h4-5H,1-3H2,(H2,7,8). The Morgan fingerprint density at radius 2 is 2.44 bits per heavy atom. The summed E-state index contributed by atoms with van der Waals surface area (Å²) in [5.41, 5.74) is 5.54. The molecular weight excluding hydrogens is 116 g/mol. The smallest absolute Gasteiger partial charge is 0.146 e. The normalized spacial score (nSPS) is 39.8. The molecule has 1 saturated carbocycles. The van der Waals surface area contributed by atoms with Crippen LogP contribution in [0.25, 0.3) is 0 Å². The van der Waals surface area contributed by atoms with Crippen molar-refractivity contribution in [2.24, 2.45) is 16.8 Å². The van der Waals surface area contributed by atoms with Crippen LogP contribution in [0.3, 0.4) is 0 Å². The summed E-state index contributed by atoms with van der Waals surface area (Å²) in [6, 6.07) is 0. The lowest BCUT2D eigenvalue weighted by Gasteiger charge is -2.03. The predicted molar refractivity (Wildman–Crippen MR) is 33.8 cm³/mol. The van der Waals surface area contributed by atoms with Crippen molar-refractivity contribution in [2.45, 2.75) is 25.4 Å². The maximum Gasteiger partial charge on any atom is 0.146 e. The Hall–Kier alpha value is -0.730. The minimum atomic E-state index is 0.324. The average molecular weight is 126 g/mol. The average Bonchev–Trinajstić information content (AvgIpc) is 2.35. The Labute approximate surface area is 53.9 Å². The number of nitrogens with zero attached hydrogens (tertiary/aromatic N) is 1. The number of fused-ring (bicyclic) bond motifs is 1. The molecule has 0 aromatic carbocycles. The summed E-state index contributed by atoms with van der Waals surface area (Å²) in [6.45, 7) is 0. The summed E-state index contributed by atoms with van der Waals surface area (Å²) in [6.07, 6.45) is 3.87. The van der Waals surface area contributed by atoms with E-state index in [4.69, 9.17) is 10.6 Å². The monoisotopic (exact) mass is 126 g/mol. The van der Waals surface area contributed by atoms with Gasteiger partial charge in [0.2, 0.25) is 0 Å². The lowest BCUT2D eigenvalue weighted by atomic mass is 10.1. The van der Waals surface area contributed by atoms with E-state index < -0.39 is 0 Å². The van der Waals surface area contributed by atoms with E-state index in [1.54, 1.807) is 0 Å². The summed E-state index contributed by atoms with van der Waals surface area (Å²) in [5, 5.41) is 3.72. The first kappa shape index (κ1) is 5.09. The van der Waals surface area contributed by atoms with Crippen molar-refractivity contribution in [1.82, 2.24) is 0 Å². The zero-order valence-corrected chi connectivity index (χ0v) is 5.21. The Morgan fingerprint density at radius 3 is 3.22 bits per heavy atom. The first-order valence-electron chi connectivity index (χ1n) is 3.37. The van der Waals surface area contributed by atoms with Crippen LogP contribution in [-0.4, -0.2) is 11.9 Å². The van der Waals surface area contributed by atoms with E-state index in [1.165, 1.54) is 12.8 Å². The second kappa shape index (κ2) is 1.62.